The van der Waals surface area contributed by atoms with E-state index in [1.165, 1.54) is 59.6 Å². The summed E-state index contributed by atoms with van der Waals surface area (Å²) >= 11 is 1.86. The molecule has 0 bridgehead atoms. The van der Waals surface area contributed by atoms with Gasteiger partial charge in [0.1, 0.15) is 0 Å². The number of benzene rings is 2. The van der Waals surface area contributed by atoms with Crippen LogP contribution in [0.3, 0.4) is 0 Å². The number of aryl methyl sites for hydroxylation is 1. The van der Waals surface area contributed by atoms with Crippen molar-refractivity contribution in [2.75, 3.05) is 6.54 Å². The van der Waals surface area contributed by atoms with E-state index in [0.717, 1.165) is 6.04 Å². The molecule has 0 radical (unpaired) electrons. The Morgan fingerprint density at radius 2 is 1.52 bits per heavy atom. The molecule has 0 N–H and O–H groups in total. The first-order chi connectivity index (χ1) is 11.3. The highest BCUT2D eigenvalue weighted by atomic mass is 32.2. The van der Waals surface area contributed by atoms with E-state index in [0.29, 0.717) is 6.04 Å². The molecule has 2 heterocycles. The minimum absolute atomic E-state index is 0.665. The Balaban J connectivity index is 1.46. The number of nitrogens with zero attached hydrogens (tertiary/aromatic N) is 1. The summed E-state index contributed by atoms with van der Waals surface area (Å²) in [6, 6.07) is 19.6. The van der Waals surface area contributed by atoms with E-state index in [9.17, 15) is 0 Å². The van der Waals surface area contributed by atoms with Gasteiger partial charge in [-0.25, -0.2) is 0 Å². The topological polar surface area (TPSA) is 3.24 Å². The molecule has 2 fully saturated rings. The van der Waals surface area contributed by atoms with Gasteiger partial charge in [-0.2, -0.15) is 0 Å². The van der Waals surface area contributed by atoms with Crippen LogP contribution >= 0.6 is 11.8 Å². The maximum absolute atomic E-state index is 2.77. The van der Waals surface area contributed by atoms with E-state index in [1.807, 2.05) is 11.8 Å². The van der Waals surface area contributed by atoms with Crippen LogP contribution in [0, 0.1) is 6.92 Å². The second kappa shape index (κ2) is 6.70. The van der Waals surface area contributed by atoms with Crippen molar-refractivity contribution >= 4 is 11.8 Å². The van der Waals surface area contributed by atoms with Crippen molar-refractivity contribution in [1.29, 1.82) is 0 Å². The predicted octanol–water partition coefficient (Wildman–Crippen LogP) is 5.84. The maximum atomic E-state index is 2.77. The minimum Gasteiger partial charge on any atom is -0.293 e. The normalized spacial score (nSPS) is 24.6. The van der Waals surface area contributed by atoms with Crippen molar-refractivity contribution in [3.63, 3.8) is 0 Å². The van der Waals surface area contributed by atoms with Gasteiger partial charge >= 0.3 is 0 Å². The van der Waals surface area contributed by atoms with Crippen LogP contribution in [0.15, 0.2) is 58.3 Å². The summed E-state index contributed by atoms with van der Waals surface area (Å²) in [5, 5.41) is 0. The van der Waals surface area contributed by atoms with E-state index >= 15 is 0 Å². The monoisotopic (exact) mass is 323 g/mol. The fourth-order valence-electron chi connectivity index (χ4n) is 4.12. The molecule has 2 unspecified atom stereocenters. The van der Waals surface area contributed by atoms with Crippen LogP contribution in [0.4, 0.5) is 0 Å². The first-order valence-electron chi connectivity index (χ1n) is 8.90. The average molecular weight is 324 g/mol. The van der Waals surface area contributed by atoms with Crippen LogP contribution in [-0.2, 0) is 0 Å². The lowest BCUT2D eigenvalue weighted by atomic mass is 10.0. The highest BCUT2D eigenvalue weighted by Gasteiger charge is 2.35. The summed E-state index contributed by atoms with van der Waals surface area (Å²) in [6.45, 7) is 3.44. The predicted molar refractivity (Wildman–Crippen MR) is 98.1 cm³/mol. The quantitative estimate of drug-likeness (QED) is 0.698. The Kier molecular flexibility index (Phi) is 4.46. The molecule has 2 atom stereocenters. The van der Waals surface area contributed by atoms with Crippen molar-refractivity contribution in [3.05, 3.63) is 59.7 Å². The van der Waals surface area contributed by atoms with Gasteiger partial charge in [-0.3, -0.25) is 4.90 Å². The Bertz CT molecular complexity index is 647. The molecule has 2 aliphatic heterocycles. The van der Waals surface area contributed by atoms with E-state index in [1.54, 1.807) is 0 Å². The van der Waals surface area contributed by atoms with Crippen LogP contribution in [0.2, 0.25) is 0 Å². The lowest BCUT2D eigenvalue weighted by Gasteiger charge is -2.34. The second-order valence-electron chi connectivity index (χ2n) is 6.96. The fraction of sp³-hybridized carbons (Fsp3) is 0.429. The van der Waals surface area contributed by atoms with E-state index in [-0.39, 0.29) is 0 Å². The van der Waals surface area contributed by atoms with E-state index < -0.39 is 0 Å². The molecular formula is C21H25NS. The van der Waals surface area contributed by atoms with Crippen molar-refractivity contribution in [3.8, 4) is 0 Å². The fourth-order valence-corrected chi connectivity index (χ4v) is 4.93. The Morgan fingerprint density at radius 1 is 0.826 bits per heavy atom. The number of rotatable bonds is 3. The largest absolute Gasteiger partial charge is 0.293 e. The molecule has 2 aromatic rings. The zero-order valence-corrected chi connectivity index (χ0v) is 14.7. The second-order valence-corrected chi connectivity index (χ2v) is 8.11. The van der Waals surface area contributed by atoms with Gasteiger partial charge in [0.2, 0.25) is 0 Å². The Labute approximate surface area is 144 Å². The standard InChI is InChI=1S/C21H25NS/c1-16-5-10-19(11-6-16)23-20-12-7-17(8-13-20)21-14-9-18-4-2-3-15-22(18)21/h5-8,10-13,18,21H,2-4,9,14-15H2,1H3. The SMILES string of the molecule is Cc1ccc(Sc2ccc(C3CCC4CCCCN43)cc2)cc1. The van der Waals surface area contributed by atoms with Crippen LogP contribution in [0.1, 0.15) is 49.3 Å². The molecule has 120 valence electrons. The first kappa shape index (κ1) is 15.3. The number of hydrogen-bond acceptors (Lipinski definition) is 2. The van der Waals surface area contributed by atoms with Crippen molar-refractivity contribution in [2.45, 2.75) is 60.9 Å². The van der Waals surface area contributed by atoms with Crippen LogP contribution in [0.5, 0.6) is 0 Å². The molecule has 2 saturated heterocycles. The number of piperidine rings is 1. The molecule has 2 aromatic carbocycles. The van der Waals surface area contributed by atoms with Gasteiger partial charge in [-0.1, -0.05) is 48.0 Å². The molecule has 23 heavy (non-hydrogen) atoms. The minimum atomic E-state index is 0.665. The Hall–Kier alpha value is -1.25. The number of fused-ring (bicyclic) bond motifs is 1. The van der Waals surface area contributed by atoms with Crippen molar-refractivity contribution < 1.29 is 0 Å². The van der Waals surface area contributed by atoms with Crippen molar-refractivity contribution in [2.24, 2.45) is 0 Å². The van der Waals surface area contributed by atoms with Crippen molar-refractivity contribution in [1.82, 2.24) is 4.90 Å². The zero-order chi connectivity index (χ0) is 15.6. The third kappa shape index (κ3) is 3.34. The van der Waals surface area contributed by atoms with Gasteiger partial charge in [0.05, 0.1) is 0 Å². The van der Waals surface area contributed by atoms with Crippen LogP contribution in [0.25, 0.3) is 0 Å². The molecule has 0 aromatic heterocycles. The van der Waals surface area contributed by atoms with Gasteiger partial charge in [0.25, 0.3) is 0 Å². The Morgan fingerprint density at radius 3 is 2.26 bits per heavy atom. The molecule has 0 saturated carbocycles. The summed E-state index contributed by atoms with van der Waals surface area (Å²) in [7, 11) is 0. The first-order valence-corrected chi connectivity index (χ1v) is 9.71. The smallest absolute Gasteiger partial charge is 0.0351 e. The summed E-state index contributed by atoms with van der Waals surface area (Å²) in [5.41, 5.74) is 2.84. The molecular weight excluding hydrogens is 298 g/mol. The maximum Gasteiger partial charge on any atom is 0.0351 e. The zero-order valence-electron chi connectivity index (χ0n) is 13.9. The summed E-state index contributed by atoms with van der Waals surface area (Å²) < 4.78 is 0. The third-order valence-corrected chi connectivity index (χ3v) is 6.38. The summed E-state index contributed by atoms with van der Waals surface area (Å²) in [6.07, 6.45) is 6.96. The molecule has 2 aliphatic rings. The van der Waals surface area contributed by atoms with Gasteiger partial charge in [0.15, 0.2) is 0 Å². The third-order valence-electron chi connectivity index (χ3n) is 5.37. The van der Waals surface area contributed by atoms with E-state index in [4.69, 9.17) is 0 Å². The highest BCUT2D eigenvalue weighted by molar-refractivity contribution is 7.99. The number of hydrogen-bond donors (Lipinski definition) is 0. The lowest BCUT2D eigenvalue weighted by Crippen LogP contribution is -2.35. The van der Waals surface area contributed by atoms with Gasteiger partial charge < -0.3 is 0 Å². The molecule has 0 aliphatic carbocycles. The molecule has 0 spiro atoms. The van der Waals surface area contributed by atoms with Crippen LogP contribution in [-0.4, -0.2) is 17.5 Å². The molecule has 2 heteroatoms. The molecule has 0 amide bonds. The molecule has 4 rings (SSSR count). The summed E-state index contributed by atoms with van der Waals surface area (Å²) in [4.78, 5) is 5.43. The van der Waals surface area contributed by atoms with E-state index in [2.05, 4.69) is 60.4 Å². The lowest BCUT2D eigenvalue weighted by molar-refractivity contribution is 0.150. The highest BCUT2D eigenvalue weighted by Crippen LogP contribution is 2.40. The summed E-state index contributed by atoms with van der Waals surface area (Å²) in [5.74, 6) is 0. The molecule has 1 nitrogen and oxygen atoms in total. The average Bonchev–Trinajstić information content (AvgIpc) is 3.02. The van der Waals surface area contributed by atoms with Gasteiger partial charge in [-0.05, 0) is 69.0 Å². The van der Waals surface area contributed by atoms with Crippen LogP contribution < -0.4 is 0 Å². The van der Waals surface area contributed by atoms with Gasteiger partial charge in [-0.15, -0.1) is 0 Å². The van der Waals surface area contributed by atoms with Gasteiger partial charge in [0, 0.05) is 21.9 Å².